The monoisotopic (exact) mass is 345 g/mol. The van der Waals surface area contributed by atoms with Gasteiger partial charge in [-0.2, -0.15) is 0 Å². The maximum absolute atomic E-state index is 12.4. The van der Waals surface area contributed by atoms with E-state index in [1.54, 1.807) is 18.3 Å². The quantitative estimate of drug-likeness (QED) is 0.905. The van der Waals surface area contributed by atoms with Gasteiger partial charge in [-0.25, -0.2) is 13.1 Å². The highest BCUT2D eigenvalue weighted by Gasteiger charge is 2.27. The van der Waals surface area contributed by atoms with Gasteiger partial charge >= 0.3 is 0 Å². The second-order valence-electron chi connectivity index (χ2n) is 6.21. The van der Waals surface area contributed by atoms with E-state index in [2.05, 4.69) is 45.8 Å². The first kappa shape index (κ1) is 17.1. The minimum Gasteiger partial charge on any atom is -0.296 e. The van der Waals surface area contributed by atoms with Crippen LogP contribution < -0.4 is 4.72 Å². The van der Waals surface area contributed by atoms with E-state index in [9.17, 15) is 8.42 Å². The van der Waals surface area contributed by atoms with Crippen LogP contribution in [0.3, 0.4) is 0 Å². The summed E-state index contributed by atoms with van der Waals surface area (Å²) in [6, 6.07) is 14.0. The van der Waals surface area contributed by atoms with Crippen molar-refractivity contribution in [3.05, 3.63) is 60.4 Å². The van der Waals surface area contributed by atoms with Gasteiger partial charge in [0.2, 0.25) is 10.0 Å². The molecule has 128 valence electrons. The van der Waals surface area contributed by atoms with Crippen molar-refractivity contribution < 1.29 is 8.42 Å². The fourth-order valence-electron chi connectivity index (χ4n) is 3.14. The number of piperidine rings is 1. The van der Waals surface area contributed by atoms with Crippen LogP contribution in [-0.4, -0.2) is 37.4 Å². The van der Waals surface area contributed by atoms with Crippen LogP contribution in [0.2, 0.25) is 0 Å². The summed E-state index contributed by atoms with van der Waals surface area (Å²) < 4.78 is 27.6. The normalized spacial score (nSPS) is 18.4. The van der Waals surface area contributed by atoms with Crippen LogP contribution in [0.1, 0.15) is 31.4 Å². The molecule has 1 atom stereocenters. The molecule has 0 saturated carbocycles. The van der Waals surface area contributed by atoms with Gasteiger partial charge in [0.1, 0.15) is 4.90 Å². The highest BCUT2D eigenvalue weighted by atomic mass is 32.2. The second-order valence-corrected chi connectivity index (χ2v) is 7.92. The minimum absolute atomic E-state index is 0.0190. The van der Waals surface area contributed by atoms with E-state index in [1.165, 1.54) is 11.8 Å². The Morgan fingerprint density at radius 3 is 2.46 bits per heavy atom. The summed E-state index contributed by atoms with van der Waals surface area (Å²) in [5.74, 6) is 0. The number of likely N-dealkylation sites (tertiary alicyclic amines) is 1. The number of benzene rings is 1. The first-order valence-corrected chi connectivity index (χ1v) is 9.76. The van der Waals surface area contributed by atoms with Crippen molar-refractivity contribution in [3.63, 3.8) is 0 Å². The summed E-state index contributed by atoms with van der Waals surface area (Å²) in [6.45, 7) is 3.97. The van der Waals surface area contributed by atoms with Crippen molar-refractivity contribution in [2.45, 2.75) is 36.7 Å². The molecule has 2 aromatic rings. The van der Waals surface area contributed by atoms with Gasteiger partial charge in [0, 0.05) is 37.6 Å². The molecule has 1 aliphatic rings. The molecule has 1 aliphatic heterocycles. The minimum atomic E-state index is -3.48. The molecule has 1 saturated heterocycles. The van der Waals surface area contributed by atoms with Crippen LogP contribution in [0.4, 0.5) is 0 Å². The van der Waals surface area contributed by atoms with Crippen LogP contribution in [0.5, 0.6) is 0 Å². The van der Waals surface area contributed by atoms with E-state index in [0.29, 0.717) is 6.04 Å². The Balaban J connectivity index is 1.58. The molecular formula is C18H23N3O2S. The molecule has 0 radical (unpaired) electrons. The van der Waals surface area contributed by atoms with E-state index in [1.807, 2.05) is 6.07 Å². The molecule has 1 N–H and O–H groups in total. The molecule has 0 spiro atoms. The summed E-state index contributed by atoms with van der Waals surface area (Å²) >= 11 is 0. The summed E-state index contributed by atoms with van der Waals surface area (Å²) in [5.41, 5.74) is 1.30. The molecule has 0 aliphatic carbocycles. The van der Waals surface area contributed by atoms with Gasteiger partial charge in [-0.05, 0) is 37.5 Å². The van der Waals surface area contributed by atoms with E-state index < -0.39 is 10.0 Å². The number of pyridine rings is 1. The molecule has 6 heteroatoms. The highest BCUT2D eigenvalue weighted by Crippen LogP contribution is 2.24. The predicted octanol–water partition coefficient (Wildman–Crippen LogP) is 2.59. The average molecular weight is 345 g/mol. The van der Waals surface area contributed by atoms with Crippen LogP contribution in [0.15, 0.2) is 59.8 Å². The maximum atomic E-state index is 12.4. The number of nitrogens with one attached hydrogen (secondary N) is 1. The molecule has 1 aromatic carbocycles. The molecule has 0 bridgehead atoms. The summed E-state index contributed by atoms with van der Waals surface area (Å²) in [6.07, 6.45) is 4.59. The van der Waals surface area contributed by atoms with Crippen molar-refractivity contribution in [3.8, 4) is 0 Å². The molecule has 1 fully saturated rings. The van der Waals surface area contributed by atoms with E-state index >= 15 is 0 Å². The lowest BCUT2D eigenvalue weighted by Gasteiger charge is -2.36. The average Bonchev–Trinajstić information content (AvgIpc) is 2.63. The zero-order valence-electron chi connectivity index (χ0n) is 13.8. The standard InChI is InChI=1S/C18H23N3O2S/c1-15(16-6-3-2-4-7-16)21-12-9-17(10-13-21)20-24(22,23)18-8-5-11-19-14-18/h2-8,11,14-15,17,20H,9-10,12-13H2,1H3/t15-/m0/s1. The van der Waals surface area contributed by atoms with E-state index in [-0.39, 0.29) is 10.9 Å². The number of rotatable bonds is 5. The van der Waals surface area contributed by atoms with Crippen LogP contribution >= 0.6 is 0 Å². The van der Waals surface area contributed by atoms with Crippen molar-refractivity contribution in [2.24, 2.45) is 0 Å². The van der Waals surface area contributed by atoms with Crippen LogP contribution in [0.25, 0.3) is 0 Å². The Kier molecular flexibility index (Phi) is 5.28. The van der Waals surface area contributed by atoms with Gasteiger partial charge in [0.25, 0.3) is 0 Å². The number of sulfonamides is 1. The van der Waals surface area contributed by atoms with Crippen molar-refractivity contribution in [1.29, 1.82) is 0 Å². The summed E-state index contributed by atoms with van der Waals surface area (Å²) in [5, 5.41) is 0. The first-order chi connectivity index (χ1) is 11.6. The Labute approximate surface area is 143 Å². The lowest BCUT2D eigenvalue weighted by atomic mass is 10.0. The topological polar surface area (TPSA) is 62.3 Å². The lowest BCUT2D eigenvalue weighted by molar-refractivity contribution is 0.159. The van der Waals surface area contributed by atoms with Gasteiger partial charge in [0.05, 0.1) is 0 Å². The summed E-state index contributed by atoms with van der Waals surface area (Å²) in [7, 11) is -3.48. The Morgan fingerprint density at radius 1 is 1.12 bits per heavy atom. The number of hydrogen-bond acceptors (Lipinski definition) is 4. The molecular weight excluding hydrogens is 322 g/mol. The first-order valence-electron chi connectivity index (χ1n) is 8.27. The lowest BCUT2D eigenvalue weighted by Crippen LogP contribution is -2.45. The number of hydrogen-bond donors (Lipinski definition) is 1. The van der Waals surface area contributed by atoms with E-state index in [0.717, 1.165) is 25.9 Å². The Hall–Kier alpha value is -1.76. The molecule has 0 unspecified atom stereocenters. The Morgan fingerprint density at radius 2 is 1.83 bits per heavy atom. The van der Waals surface area contributed by atoms with Gasteiger partial charge in [-0.3, -0.25) is 9.88 Å². The molecule has 0 amide bonds. The van der Waals surface area contributed by atoms with Gasteiger partial charge in [-0.1, -0.05) is 30.3 Å². The predicted molar refractivity (Wildman–Crippen MR) is 94.0 cm³/mol. The van der Waals surface area contributed by atoms with Gasteiger partial charge in [-0.15, -0.1) is 0 Å². The zero-order valence-corrected chi connectivity index (χ0v) is 14.6. The Bertz CT molecular complexity index is 742. The van der Waals surface area contributed by atoms with Crippen LogP contribution in [-0.2, 0) is 10.0 Å². The molecule has 24 heavy (non-hydrogen) atoms. The van der Waals surface area contributed by atoms with Crippen molar-refractivity contribution in [1.82, 2.24) is 14.6 Å². The van der Waals surface area contributed by atoms with Gasteiger partial charge < -0.3 is 0 Å². The smallest absolute Gasteiger partial charge is 0.242 e. The molecule has 1 aromatic heterocycles. The molecule has 2 heterocycles. The molecule has 3 rings (SSSR count). The number of nitrogens with zero attached hydrogens (tertiary/aromatic N) is 2. The van der Waals surface area contributed by atoms with Crippen LogP contribution in [0, 0.1) is 0 Å². The fraction of sp³-hybridized carbons (Fsp3) is 0.389. The highest BCUT2D eigenvalue weighted by molar-refractivity contribution is 7.89. The largest absolute Gasteiger partial charge is 0.296 e. The van der Waals surface area contributed by atoms with E-state index in [4.69, 9.17) is 0 Å². The summed E-state index contributed by atoms with van der Waals surface area (Å²) in [4.78, 5) is 6.52. The maximum Gasteiger partial charge on any atom is 0.242 e. The fourth-order valence-corrected chi connectivity index (χ4v) is 4.41. The third-order valence-electron chi connectivity index (χ3n) is 4.63. The van der Waals surface area contributed by atoms with Crippen molar-refractivity contribution >= 4 is 10.0 Å². The van der Waals surface area contributed by atoms with Gasteiger partial charge in [0.15, 0.2) is 0 Å². The van der Waals surface area contributed by atoms with Crippen molar-refractivity contribution in [2.75, 3.05) is 13.1 Å². The molecule has 5 nitrogen and oxygen atoms in total. The second kappa shape index (κ2) is 7.42. The third kappa shape index (κ3) is 4.01. The number of aromatic nitrogens is 1. The third-order valence-corrected chi connectivity index (χ3v) is 6.13. The zero-order chi connectivity index (χ0) is 17.0. The SMILES string of the molecule is C[C@@H](c1ccccc1)N1CCC(NS(=O)(=O)c2cccnc2)CC1.